The van der Waals surface area contributed by atoms with Gasteiger partial charge < -0.3 is 4.57 Å². The Kier molecular flexibility index (Phi) is 8.46. The fourth-order valence-corrected chi connectivity index (χ4v) is 4.69. The average molecular weight is 246 g/mol. The number of hydrogen-bond donors (Lipinski definition) is 0. The summed E-state index contributed by atoms with van der Waals surface area (Å²) in [4.78, 5) is 0. The van der Waals surface area contributed by atoms with Gasteiger partial charge in [0.15, 0.2) is 0 Å². The lowest BCUT2D eigenvalue weighted by Gasteiger charge is -2.17. The molecule has 0 N–H and O–H groups in total. The molecule has 2 unspecified atom stereocenters. The van der Waals surface area contributed by atoms with Crippen LogP contribution in [0.5, 0.6) is 0 Å². The molecule has 0 aromatic heterocycles. The molecule has 2 heteroatoms. The summed E-state index contributed by atoms with van der Waals surface area (Å²) in [7, 11) is -1.33. The lowest BCUT2D eigenvalue weighted by atomic mass is 10.0. The van der Waals surface area contributed by atoms with Gasteiger partial charge in [0.25, 0.3) is 0 Å². The number of hydrogen-bond acceptors (Lipinski definition) is 1. The van der Waals surface area contributed by atoms with Gasteiger partial charge in [-0.05, 0) is 36.5 Å². The van der Waals surface area contributed by atoms with E-state index in [2.05, 4.69) is 41.5 Å². The third-order valence-corrected chi connectivity index (χ3v) is 5.20. The molecule has 0 aliphatic rings. The van der Waals surface area contributed by atoms with Crippen molar-refractivity contribution >= 4 is 7.80 Å². The zero-order chi connectivity index (χ0) is 12.7. The maximum absolute atomic E-state index is 12.0. The Morgan fingerprint density at radius 3 is 1.31 bits per heavy atom. The monoisotopic (exact) mass is 246 g/mol. The van der Waals surface area contributed by atoms with Gasteiger partial charge in [-0.2, -0.15) is 0 Å². The molecule has 0 aliphatic carbocycles. The Hall–Kier alpha value is 0.230. The fraction of sp³-hybridized carbons (Fsp3) is 1.00. The first-order valence-electron chi connectivity index (χ1n) is 6.82. The van der Waals surface area contributed by atoms with Crippen molar-refractivity contribution < 1.29 is 4.57 Å². The molecule has 0 rings (SSSR count). The van der Waals surface area contributed by atoms with Crippen molar-refractivity contribution in [3.63, 3.8) is 0 Å². The maximum atomic E-state index is 12.0. The van der Waals surface area contributed by atoms with Crippen LogP contribution in [0.15, 0.2) is 0 Å². The highest BCUT2D eigenvalue weighted by Crippen LogP contribution is 2.31. The summed E-state index contributed by atoms with van der Waals surface area (Å²) < 4.78 is 12.0. The summed E-state index contributed by atoms with van der Waals surface area (Å²) >= 11 is 0. The molecule has 0 radical (unpaired) electrons. The lowest BCUT2D eigenvalue weighted by molar-refractivity contribution is 0.455. The first-order chi connectivity index (χ1) is 7.31. The van der Waals surface area contributed by atoms with Crippen molar-refractivity contribution in [1.29, 1.82) is 0 Å². The third kappa shape index (κ3) is 9.46. The molecular formula is C14H31OP. The predicted molar refractivity (Wildman–Crippen MR) is 76.0 cm³/mol. The van der Waals surface area contributed by atoms with Crippen molar-refractivity contribution in [2.75, 3.05) is 12.3 Å². The highest BCUT2D eigenvalue weighted by atomic mass is 31.1. The van der Waals surface area contributed by atoms with Crippen LogP contribution < -0.4 is 0 Å². The van der Waals surface area contributed by atoms with Gasteiger partial charge in [0.2, 0.25) is 0 Å². The van der Waals surface area contributed by atoms with Gasteiger partial charge in [0.1, 0.15) is 0 Å². The van der Waals surface area contributed by atoms with Crippen LogP contribution in [0.2, 0.25) is 0 Å². The molecule has 0 aromatic carbocycles. The van der Waals surface area contributed by atoms with E-state index in [9.17, 15) is 4.57 Å². The normalized spacial score (nSPS) is 17.8. The van der Waals surface area contributed by atoms with E-state index in [1.54, 1.807) is 0 Å². The molecule has 0 heterocycles. The van der Waals surface area contributed by atoms with Crippen molar-refractivity contribution in [2.24, 2.45) is 23.7 Å². The lowest BCUT2D eigenvalue weighted by Crippen LogP contribution is -2.07. The van der Waals surface area contributed by atoms with Crippen molar-refractivity contribution in [1.82, 2.24) is 0 Å². The van der Waals surface area contributed by atoms with Crippen molar-refractivity contribution in [3.8, 4) is 0 Å². The average Bonchev–Trinajstić information content (AvgIpc) is 1.97. The molecule has 0 aromatic rings. The second kappa shape index (κ2) is 8.34. The van der Waals surface area contributed by atoms with Crippen LogP contribution in [-0.2, 0) is 4.57 Å². The smallest absolute Gasteiger partial charge is 0.0767 e. The van der Waals surface area contributed by atoms with Crippen molar-refractivity contribution in [3.05, 3.63) is 0 Å². The molecule has 98 valence electrons. The van der Waals surface area contributed by atoms with Gasteiger partial charge in [0.05, 0.1) is 7.80 Å². The summed E-state index contributed by atoms with van der Waals surface area (Å²) in [6.07, 6.45) is 4.36. The minimum Gasteiger partial charge on any atom is -0.327 e. The van der Waals surface area contributed by atoms with Gasteiger partial charge >= 0.3 is 0 Å². The molecule has 0 fully saturated rings. The van der Waals surface area contributed by atoms with E-state index in [0.717, 1.165) is 24.2 Å². The van der Waals surface area contributed by atoms with Gasteiger partial charge in [-0.3, -0.25) is 0 Å². The standard InChI is InChI=1S/C14H31OP/c1-11(2)7-13(5)9-16(15)10-14(6)8-12(3)4/h11-14,16H,7-10H2,1-6H3. The third-order valence-electron chi connectivity index (χ3n) is 2.90. The van der Waals surface area contributed by atoms with Crippen LogP contribution in [0.3, 0.4) is 0 Å². The Balaban J connectivity index is 3.80. The zero-order valence-corrected chi connectivity index (χ0v) is 13.0. The van der Waals surface area contributed by atoms with Crippen molar-refractivity contribution in [2.45, 2.75) is 54.4 Å². The topological polar surface area (TPSA) is 17.1 Å². The largest absolute Gasteiger partial charge is 0.327 e. The summed E-state index contributed by atoms with van der Waals surface area (Å²) in [5, 5.41) is 0. The molecule has 0 aliphatic heterocycles. The molecule has 0 saturated heterocycles. The fourth-order valence-electron chi connectivity index (χ4n) is 2.64. The second-order valence-corrected chi connectivity index (χ2v) is 8.31. The molecule has 1 nitrogen and oxygen atoms in total. The van der Waals surface area contributed by atoms with Crippen LogP contribution in [0.4, 0.5) is 0 Å². The highest BCUT2D eigenvalue weighted by molar-refractivity contribution is 7.44. The molecule has 0 bridgehead atoms. The van der Waals surface area contributed by atoms with Crippen LogP contribution >= 0.6 is 7.80 Å². The number of rotatable bonds is 8. The Labute approximate surface area is 103 Å². The molecule has 0 saturated carbocycles. The molecule has 0 amide bonds. The minimum absolute atomic E-state index is 0.637. The SMILES string of the molecule is CC(C)CC(C)C[PH](=O)CC(C)CC(C)C. The van der Waals surface area contributed by atoms with E-state index in [4.69, 9.17) is 0 Å². The molecular weight excluding hydrogens is 215 g/mol. The van der Waals surface area contributed by atoms with Gasteiger partial charge in [-0.1, -0.05) is 41.5 Å². The van der Waals surface area contributed by atoms with E-state index in [0.29, 0.717) is 11.8 Å². The van der Waals surface area contributed by atoms with Gasteiger partial charge in [0, 0.05) is 12.3 Å². The van der Waals surface area contributed by atoms with E-state index in [-0.39, 0.29) is 0 Å². The van der Waals surface area contributed by atoms with E-state index < -0.39 is 7.80 Å². The van der Waals surface area contributed by atoms with E-state index >= 15 is 0 Å². The first-order valence-corrected chi connectivity index (χ1v) is 8.65. The summed E-state index contributed by atoms with van der Waals surface area (Å²) in [5.41, 5.74) is 0. The maximum Gasteiger partial charge on any atom is 0.0767 e. The first kappa shape index (κ1) is 16.2. The summed E-state index contributed by atoms with van der Waals surface area (Å²) in [6, 6.07) is 0. The Morgan fingerprint density at radius 2 is 1.06 bits per heavy atom. The Bertz CT molecular complexity index is 179. The van der Waals surface area contributed by atoms with Crippen LogP contribution in [0.1, 0.15) is 54.4 Å². The van der Waals surface area contributed by atoms with Crippen LogP contribution in [-0.4, -0.2) is 12.3 Å². The minimum atomic E-state index is -1.33. The van der Waals surface area contributed by atoms with E-state index in [1.807, 2.05) is 0 Å². The quantitative estimate of drug-likeness (QED) is 0.556. The zero-order valence-electron chi connectivity index (χ0n) is 12.0. The van der Waals surface area contributed by atoms with E-state index in [1.165, 1.54) is 12.8 Å². The highest BCUT2D eigenvalue weighted by Gasteiger charge is 2.13. The van der Waals surface area contributed by atoms with Crippen LogP contribution in [0.25, 0.3) is 0 Å². The summed E-state index contributed by atoms with van der Waals surface area (Å²) in [5.74, 6) is 2.74. The molecule has 16 heavy (non-hydrogen) atoms. The summed E-state index contributed by atoms with van der Waals surface area (Å²) in [6.45, 7) is 13.5. The van der Waals surface area contributed by atoms with Gasteiger partial charge in [-0.15, -0.1) is 0 Å². The molecule has 2 atom stereocenters. The van der Waals surface area contributed by atoms with Crippen LogP contribution in [0, 0.1) is 23.7 Å². The predicted octanol–water partition coefficient (Wildman–Crippen LogP) is 4.91. The molecule has 0 spiro atoms. The van der Waals surface area contributed by atoms with Gasteiger partial charge in [-0.25, -0.2) is 0 Å². The second-order valence-electron chi connectivity index (χ2n) is 6.42. The Morgan fingerprint density at radius 1 is 0.750 bits per heavy atom.